The van der Waals surface area contributed by atoms with Gasteiger partial charge < -0.3 is 0 Å². The van der Waals surface area contributed by atoms with Crippen LogP contribution < -0.4 is 0 Å². The van der Waals surface area contributed by atoms with Crippen molar-refractivity contribution in [3.63, 3.8) is 0 Å². The van der Waals surface area contributed by atoms with Gasteiger partial charge in [0.25, 0.3) is 0 Å². The van der Waals surface area contributed by atoms with Gasteiger partial charge in [-0.2, -0.15) is 5.10 Å². The Labute approximate surface area is 124 Å². The number of rotatable bonds is 2. The van der Waals surface area contributed by atoms with E-state index in [1.165, 1.54) is 36.8 Å². The van der Waals surface area contributed by atoms with Gasteiger partial charge in [-0.1, -0.05) is 37.1 Å². The van der Waals surface area contributed by atoms with E-state index in [1.54, 1.807) is 0 Å². The van der Waals surface area contributed by atoms with Crippen LogP contribution in [0.25, 0.3) is 16.8 Å². The number of fused-ring (bicyclic) bond motifs is 1. The van der Waals surface area contributed by atoms with E-state index in [2.05, 4.69) is 34.3 Å². The standard InChI is InChI=1S/C18H19N3/c1-13-10-11-21-18(20-13)17(12-19-21)16-8-6-15(7-9-16)14-4-2-3-5-14/h6-12,14H,2-5H2,1H3. The van der Waals surface area contributed by atoms with Crippen molar-refractivity contribution in [2.45, 2.75) is 38.5 Å². The quantitative estimate of drug-likeness (QED) is 0.696. The highest BCUT2D eigenvalue weighted by Crippen LogP contribution is 2.35. The average molecular weight is 277 g/mol. The molecule has 0 spiro atoms. The predicted molar refractivity (Wildman–Crippen MR) is 84.4 cm³/mol. The molecule has 0 radical (unpaired) electrons. The van der Waals surface area contributed by atoms with Crippen LogP contribution in [0.1, 0.15) is 42.9 Å². The summed E-state index contributed by atoms with van der Waals surface area (Å²) in [5.74, 6) is 0.767. The van der Waals surface area contributed by atoms with E-state index in [1.807, 2.05) is 29.9 Å². The summed E-state index contributed by atoms with van der Waals surface area (Å²) in [6.45, 7) is 2.01. The fourth-order valence-corrected chi connectivity index (χ4v) is 3.36. The lowest BCUT2D eigenvalue weighted by Crippen LogP contribution is -1.93. The molecule has 106 valence electrons. The summed E-state index contributed by atoms with van der Waals surface area (Å²) in [7, 11) is 0. The summed E-state index contributed by atoms with van der Waals surface area (Å²) in [4.78, 5) is 4.61. The zero-order valence-electron chi connectivity index (χ0n) is 12.3. The van der Waals surface area contributed by atoms with E-state index in [0.29, 0.717) is 0 Å². The van der Waals surface area contributed by atoms with Gasteiger partial charge >= 0.3 is 0 Å². The summed E-state index contributed by atoms with van der Waals surface area (Å²) < 4.78 is 1.84. The van der Waals surface area contributed by atoms with Gasteiger partial charge in [-0.25, -0.2) is 9.50 Å². The second-order valence-electron chi connectivity index (χ2n) is 6.00. The molecule has 2 heterocycles. The van der Waals surface area contributed by atoms with Crippen molar-refractivity contribution >= 4 is 5.65 Å². The van der Waals surface area contributed by atoms with Crippen molar-refractivity contribution in [3.8, 4) is 11.1 Å². The highest BCUT2D eigenvalue weighted by molar-refractivity contribution is 5.77. The third kappa shape index (κ3) is 2.23. The maximum absolute atomic E-state index is 4.61. The molecule has 2 aromatic heterocycles. The Kier molecular flexibility index (Phi) is 2.99. The first-order chi connectivity index (χ1) is 10.3. The molecule has 0 bridgehead atoms. The van der Waals surface area contributed by atoms with Crippen molar-refractivity contribution in [2.75, 3.05) is 0 Å². The van der Waals surface area contributed by atoms with Crippen molar-refractivity contribution < 1.29 is 0 Å². The molecule has 3 nitrogen and oxygen atoms in total. The summed E-state index contributed by atoms with van der Waals surface area (Å²) in [6.07, 6.45) is 9.32. The van der Waals surface area contributed by atoms with Crippen LogP contribution in [0.15, 0.2) is 42.7 Å². The molecule has 1 aliphatic carbocycles. The molecule has 0 unspecified atom stereocenters. The lowest BCUT2D eigenvalue weighted by Gasteiger charge is -2.09. The Morgan fingerprint density at radius 2 is 1.81 bits per heavy atom. The average Bonchev–Trinajstić information content (AvgIpc) is 3.16. The number of benzene rings is 1. The van der Waals surface area contributed by atoms with Crippen LogP contribution in [0.2, 0.25) is 0 Å². The number of aryl methyl sites for hydroxylation is 1. The molecule has 1 saturated carbocycles. The Balaban J connectivity index is 1.73. The maximum atomic E-state index is 4.61. The van der Waals surface area contributed by atoms with E-state index in [-0.39, 0.29) is 0 Å². The third-order valence-electron chi connectivity index (χ3n) is 4.56. The lowest BCUT2D eigenvalue weighted by molar-refractivity contribution is 0.723. The second-order valence-corrected chi connectivity index (χ2v) is 6.00. The zero-order chi connectivity index (χ0) is 14.2. The van der Waals surface area contributed by atoms with Gasteiger partial charge in [0.05, 0.1) is 6.20 Å². The minimum absolute atomic E-state index is 0.767. The number of aromatic nitrogens is 3. The van der Waals surface area contributed by atoms with Crippen LogP contribution in [0.3, 0.4) is 0 Å². The van der Waals surface area contributed by atoms with Crippen LogP contribution in [-0.2, 0) is 0 Å². The SMILES string of the molecule is Cc1ccn2ncc(-c3ccc(C4CCCC4)cc3)c2n1. The number of nitrogens with zero attached hydrogens (tertiary/aromatic N) is 3. The molecule has 0 N–H and O–H groups in total. The minimum Gasteiger partial charge on any atom is -0.233 e. The Hall–Kier alpha value is -2.16. The third-order valence-corrected chi connectivity index (χ3v) is 4.56. The largest absolute Gasteiger partial charge is 0.233 e. The summed E-state index contributed by atoms with van der Waals surface area (Å²) >= 11 is 0. The van der Waals surface area contributed by atoms with E-state index < -0.39 is 0 Å². The lowest BCUT2D eigenvalue weighted by atomic mass is 9.96. The summed E-state index contributed by atoms with van der Waals surface area (Å²) in [6, 6.07) is 11.0. The van der Waals surface area contributed by atoms with E-state index in [9.17, 15) is 0 Å². The van der Waals surface area contributed by atoms with Crippen molar-refractivity contribution in [1.82, 2.24) is 14.6 Å². The van der Waals surface area contributed by atoms with E-state index >= 15 is 0 Å². The van der Waals surface area contributed by atoms with E-state index in [4.69, 9.17) is 0 Å². The number of hydrogen-bond donors (Lipinski definition) is 0. The van der Waals surface area contributed by atoms with E-state index in [0.717, 1.165) is 22.8 Å². The first-order valence-electron chi connectivity index (χ1n) is 7.72. The fourth-order valence-electron chi connectivity index (χ4n) is 3.36. The molecule has 0 aliphatic heterocycles. The fraction of sp³-hybridized carbons (Fsp3) is 0.333. The molecule has 1 aromatic carbocycles. The highest BCUT2D eigenvalue weighted by atomic mass is 15.2. The first-order valence-corrected chi connectivity index (χ1v) is 7.72. The van der Waals surface area contributed by atoms with Crippen LogP contribution in [0, 0.1) is 6.92 Å². The van der Waals surface area contributed by atoms with Gasteiger partial charge in [0.2, 0.25) is 0 Å². The van der Waals surface area contributed by atoms with Gasteiger partial charge in [-0.05, 0) is 42.9 Å². The molecule has 1 fully saturated rings. The Morgan fingerprint density at radius 1 is 1.05 bits per heavy atom. The maximum Gasteiger partial charge on any atom is 0.163 e. The Bertz CT molecular complexity index is 765. The van der Waals surface area contributed by atoms with Gasteiger partial charge in [0.15, 0.2) is 5.65 Å². The number of hydrogen-bond acceptors (Lipinski definition) is 2. The normalized spacial score (nSPS) is 15.9. The highest BCUT2D eigenvalue weighted by Gasteiger charge is 2.17. The molecule has 0 amide bonds. The van der Waals surface area contributed by atoms with Crippen molar-refractivity contribution in [1.29, 1.82) is 0 Å². The molecule has 21 heavy (non-hydrogen) atoms. The molecular weight excluding hydrogens is 258 g/mol. The van der Waals surface area contributed by atoms with Gasteiger partial charge in [0, 0.05) is 17.5 Å². The molecule has 3 heteroatoms. The smallest absolute Gasteiger partial charge is 0.163 e. The zero-order valence-corrected chi connectivity index (χ0v) is 12.3. The van der Waals surface area contributed by atoms with Gasteiger partial charge in [0.1, 0.15) is 0 Å². The minimum atomic E-state index is 0.767. The molecule has 4 rings (SSSR count). The Morgan fingerprint density at radius 3 is 2.57 bits per heavy atom. The molecule has 0 saturated heterocycles. The van der Waals surface area contributed by atoms with Crippen LogP contribution in [-0.4, -0.2) is 14.6 Å². The van der Waals surface area contributed by atoms with Crippen LogP contribution >= 0.6 is 0 Å². The van der Waals surface area contributed by atoms with Crippen molar-refractivity contribution in [3.05, 3.63) is 54.0 Å². The van der Waals surface area contributed by atoms with Crippen LogP contribution in [0.5, 0.6) is 0 Å². The van der Waals surface area contributed by atoms with Gasteiger partial charge in [-0.3, -0.25) is 0 Å². The monoisotopic (exact) mass is 277 g/mol. The second kappa shape index (κ2) is 4.99. The van der Waals surface area contributed by atoms with Crippen molar-refractivity contribution in [2.24, 2.45) is 0 Å². The van der Waals surface area contributed by atoms with Crippen LogP contribution in [0.4, 0.5) is 0 Å². The molecule has 3 aromatic rings. The molecular formula is C18H19N3. The molecule has 0 atom stereocenters. The topological polar surface area (TPSA) is 30.2 Å². The summed E-state index contributed by atoms with van der Waals surface area (Å²) in [5, 5.41) is 4.39. The van der Waals surface area contributed by atoms with Gasteiger partial charge in [-0.15, -0.1) is 0 Å². The molecule has 1 aliphatic rings. The first kappa shape index (κ1) is 12.6. The predicted octanol–water partition coefficient (Wildman–Crippen LogP) is 4.36. The summed E-state index contributed by atoms with van der Waals surface area (Å²) in [5.41, 5.74) is 5.74.